The second-order valence-corrected chi connectivity index (χ2v) is 11.0. The Kier molecular flexibility index (Phi) is 11.3. The van der Waals surface area contributed by atoms with Gasteiger partial charge in [0.1, 0.15) is 24.1 Å². The molecular formula is C25H33Cl2N3O6S. The number of hydrogen-bond acceptors (Lipinski definition) is 6. The second kappa shape index (κ2) is 13.7. The van der Waals surface area contributed by atoms with Crippen LogP contribution in [0.15, 0.2) is 36.4 Å². The van der Waals surface area contributed by atoms with Crippen LogP contribution in [0.3, 0.4) is 0 Å². The first-order chi connectivity index (χ1) is 17.5. The summed E-state index contributed by atoms with van der Waals surface area (Å²) in [5, 5.41) is 3.46. The van der Waals surface area contributed by atoms with Crippen LogP contribution in [0.4, 0.5) is 5.69 Å². The third-order valence-corrected chi connectivity index (χ3v) is 7.49. The Morgan fingerprint density at radius 1 is 1.05 bits per heavy atom. The van der Waals surface area contributed by atoms with Gasteiger partial charge in [0.15, 0.2) is 0 Å². The maximum absolute atomic E-state index is 13.8. The van der Waals surface area contributed by atoms with E-state index in [2.05, 4.69) is 5.32 Å². The van der Waals surface area contributed by atoms with E-state index >= 15 is 0 Å². The number of ether oxygens (including phenoxy) is 2. The summed E-state index contributed by atoms with van der Waals surface area (Å²) >= 11 is 12.8. The van der Waals surface area contributed by atoms with Crippen molar-refractivity contribution in [2.24, 2.45) is 0 Å². The Morgan fingerprint density at radius 3 is 2.22 bits per heavy atom. The standard InChI is InChI=1S/C25H33Cl2N3O6S/c1-6-13-28-25(32)21(7-2)29(15-18-19(26)9-8-10-20(18)27)24(31)16-30(37(5,33)34)22-14-17(35-3)11-12-23(22)36-4/h8-12,14,21H,6-7,13,15-16H2,1-5H3,(H,28,32). The lowest BCUT2D eigenvalue weighted by molar-refractivity contribution is -0.140. The summed E-state index contributed by atoms with van der Waals surface area (Å²) in [7, 11) is -1.13. The van der Waals surface area contributed by atoms with Crippen molar-refractivity contribution in [1.82, 2.24) is 10.2 Å². The molecule has 0 spiro atoms. The van der Waals surface area contributed by atoms with Gasteiger partial charge in [-0.25, -0.2) is 8.42 Å². The highest BCUT2D eigenvalue weighted by atomic mass is 35.5. The minimum Gasteiger partial charge on any atom is -0.497 e. The molecular weight excluding hydrogens is 541 g/mol. The second-order valence-electron chi connectivity index (χ2n) is 8.24. The predicted octanol–water partition coefficient (Wildman–Crippen LogP) is 4.11. The number of benzene rings is 2. The predicted molar refractivity (Wildman–Crippen MR) is 146 cm³/mol. The van der Waals surface area contributed by atoms with E-state index in [9.17, 15) is 18.0 Å². The van der Waals surface area contributed by atoms with Crippen LogP contribution in [0.5, 0.6) is 11.5 Å². The molecule has 1 N–H and O–H groups in total. The smallest absolute Gasteiger partial charge is 0.244 e. The Labute approximate surface area is 228 Å². The highest BCUT2D eigenvalue weighted by Crippen LogP contribution is 2.34. The summed E-state index contributed by atoms with van der Waals surface area (Å²) in [5.41, 5.74) is 0.572. The molecule has 0 bridgehead atoms. The zero-order chi connectivity index (χ0) is 27.8. The monoisotopic (exact) mass is 573 g/mol. The van der Waals surface area contributed by atoms with E-state index in [-0.39, 0.29) is 30.3 Å². The first-order valence-electron chi connectivity index (χ1n) is 11.7. The van der Waals surface area contributed by atoms with Gasteiger partial charge >= 0.3 is 0 Å². The van der Waals surface area contributed by atoms with Crippen LogP contribution in [0, 0.1) is 0 Å². The number of sulfonamides is 1. The number of carbonyl (C=O) groups is 2. The van der Waals surface area contributed by atoms with Gasteiger partial charge in [-0.1, -0.05) is 43.1 Å². The van der Waals surface area contributed by atoms with Gasteiger partial charge in [-0.2, -0.15) is 0 Å². The fraction of sp³-hybridized carbons (Fsp3) is 0.440. The number of amides is 2. The van der Waals surface area contributed by atoms with Gasteiger partial charge in [0.2, 0.25) is 21.8 Å². The third-order valence-electron chi connectivity index (χ3n) is 5.66. The van der Waals surface area contributed by atoms with Crippen LogP contribution in [0.25, 0.3) is 0 Å². The fourth-order valence-electron chi connectivity index (χ4n) is 3.73. The molecule has 0 heterocycles. The topological polar surface area (TPSA) is 105 Å². The average molecular weight is 575 g/mol. The van der Waals surface area contributed by atoms with Gasteiger partial charge in [0.05, 0.1) is 26.2 Å². The van der Waals surface area contributed by atoms with Crippen LogP contribution < -0.4 is 19.1 Å². The Hall–Kier alpha value is -2.69. The van der Waals surface area contributed by atoms with Crippen molar-refractivity contribution < 1.29 is 27.5 Å². The Morgan fingerprint density at radius 2 is 1.70 bits per heavy atom. The number of nitrogens with zero attached hydrogens (tertiary/aromatic N) is 2. The largest absolute Gasteiger partial charge is 0.497 e. The fourth-order valence-corrected chi connectivity index (χ4v) is 5.09. The molecule has 1 atom stereocenters. The van der Waals surface area contributed by atoms with E-state index in [1.54, 1.807) is 37.3 Å². The molecule has 0 saturated carbocycles. The molecule has 2 aromatic rings. The van der Waals surface area contributed by atoms with E-state index in [1.165, 1.54) is 25.2 Å². The van der Waals surface area contributed by atoms with Gasteiger partial charge in [-0.05, 0) is 37.1 Å². The van der Waals surface area contributed by atoms with E-state index in [0.717, 1.165) is 10.6 Å². The van der Waals surface area contributed by atoms with Crippen molar-refractivity contribution in [2.45, 2.75) is 39.3 Å². The molecule has 1 unspecified atom stereocenters. The Balaban J connectivity index is 2.57. The van der Waals surface area contributed by atoms with Crippen molar-refractivity contribution in [3.8, 4) is 11.5 Å². The van der Waals surface area contributed by atoms with Crippen LogP contribution in [0.2, 0.25) is 10.0 Å². The molecule has 0 aliphatic heterocycles. The lowest BCUT2D eigenvalue weighted by atomic mass is 10.1. The molecule has 2 rings (SSSR count). The average Bonchev–Trinajstić information content (AvgIpc) is 2.86. The zero-order valence-electron chi connectivity index (χ0n) is 21.6. The van der Waals surface area contributed by atoms with E-state index in [1.807, 2.05) is 6.92 Å². The Bertz CT molecular complexity index is 1190. The maximum atomic E-state index is 13.8. The zero-order valence-corrected chi connectivity index (χ0v) is 23.9. The molecule has 12 heteroatoms. The van der Waals surface area contributed by atoms with Crippen molar-refractivity contribution in [3.63, 3.8) is 0 Å². The summed E-state index contributed by atoms with van der Waals surface area (Å²) in [6.07, 6.45) is 1.98. The van der Waals surface area contributed by atoms with E-state index in [0.29, 0.717) is 34.3 Å². The number of rotatable bonds is 13. The third kappa shape index (κ3) is 7.90. The van der Waals surface area contributed by atoms with E-state index < -0.39 is 28.5 Å². The normalized spacial score (nSPS) is 12.0. The number of methoxy groups -OCH3 is 2. The van der Waals surface area contributed by atoms with Crippen LogP contribution in [-0.4, -0.2) is 64.7 Å². The summed E-state index contributed by atoms with van der Waals surface area (Å²) in [6, 6.07) is 8.67. The first-order valence-corrected chi connectivity index (χ1v) is 14.3. The van der Waals surface area contributed by atoms with Crippen LogP contribution in [-0.2, 0) is 26.2 Å². The molecule has 204 valence electrons. The summed E-state index contributed by atoms with van der Waals surface area (Å²) in [4.78, 5) is 28.2. The summed E-state index contributed by atoms with van der Waals surface area (Å²) < 4.78 is 37.3. The highest BCUT2D eigenvalue weighted by Gasteiger charge is 2.33. The maximum Gasteiger partial charge on any atom is 0.244 e. The summed E-state index contributed by atoms with van der Waals surface area (Å²) in [6.45, 7) is 3.42. The molecule has 37 heavy (non-hydrogen) atoms. The SMILES string of the molecule is CCCNC(=O)C(CC)N(Cc1c(Cl)cccc1Cl)C(=O)CN(c1cc(OC)ccc1OC)S(C)(=O)=O. The number of anilines is 1. The first kappa shape index (κ1) is 30.5. The highest BCUT2D eigenvalue weighted by molar-refractivity contribution is 7.92. The van der Waals surface area contributed by atoms with Gasteiger partial charge in [0.25, 0.3) is 0 Å². The van der Waals surface area contributed by atoms with Gasteiger partial charge in [-0.3, -0.25) is 13.9 Å². The minimum atomic E-state index is -3.96. The molecule has 0 aromatic heterocycles. The van der Waals surface area contributed by atoms with Gasteiger partial charge in [0, 0.05) is 34.8 Å². The number of nitrogens with one attached hydrogen (secondary N) is 1. The number of hydrogen-bond donors (Lipinski definition) is 1. The molecule has 0 fully saturated rings. The number of halogens is 2. The van der Waals surface area contributed by atoms with Crippen LogP contribution >= 0.6 is 23.2 Å². The molecule has 0 radical (unpaired) electrons. The van der Waals surface area contributed by atoms with Crippen molar-refractivity contribution >= 4 is 50.7 Å². The summed E-state index contributed by atoms with van der Waals surface area (Å²) in [5.74, 6) is -0.370. The minimum absolute atomic E-state index is 0.0950. The van der Waals surface area contributed by atoms with Crippen molar-refractivity contribution in [3.05, 3.63) is 52.0 Å². The molecule has 2 amide bonds. The molecule has 0 saturated heterocycles. The molecule has 9 nitrogen and oxygen atoms in total. The van der Waals surface area contributed by atoms with Crippen molar-refractivity contribution in [1.29, 1.82) is 0 Å². The molecule has 2 aromatic carbocycles. The van der Waals surface area contributed by atoms with E-state index in [4.69, 9.17) is 32.7 Å². The van der Waals surface area contributed by atoms with Gasteiger partial charge < -0.3 is 19.7 Å². The van der Waals surface area contributed by atoms with Crippen LogP contribution in [0.1, 0.15) is 32.3 Å². The molecule has 0 aliphatic carbocycles. The van der Waals surface area contributed by atoms with Crippen molar-refractivity contribution in [2.75, 3.05) is 37.9 Å². The lowest BCUT2D eigenvalue weighted by Crippen LogP contribution is -2.52. The van der Waals surface area contributed by atoms with Gasteiger partial charge in [-0.15, -0.1) is 0 Å². The molecule has 0 aliphatic rings. The lowest BCUT2D eigenvalue weighted by Gasteiger charge is -2.33. The number of carbonyl (C=O) groups excluding carboxylic acids is 2. The quantitative estimate of drug-likeness (QED) is 0.386.